The van der Waals surface area contributed by atoms with Crippen molar-refractivity contribution >= 4 is 22.9 Å². The van der Waals surface area contributed by atoms with E-state index in [-0.39, 0.29) is 5.91 Å². The highest BCUT2D eigenvalue weighted by atomic mass is 32.1. The molecule has 0 spiro atoms. The van der Waals surface area contributed by atoms with Crippen molar-refractivity contribution in [3.63, 3.8) is 0 Å². The molecular formula is C20H19N5OS. The Kier molecular flexibility index (Phi) is 4.60. The van der Waals surface area contributed by atoms with Crippen LogP contribution in [0.1, 0.15) is 26.6 Å². The molecule has 27 heavy (non-hydrogen) atoms. The van der Waals surface area contributed by atoms with E-state index in [9.17, 15) is 4.79 Å². The van der Waals surface area contributed by atoms with Gasteiger partial charge in [0.05, 0.1) is 17.8 Å². The molecule has 6 nitrogen and oxygen atoms in total. The summed E-state index contributed by atoms with van der Waals surface area (Å²) in [4.78, 5) is 18.0. The molecule has 1 amide bonds. The highest BCUT2D eigenvalue weighted by molar-refractivity contribution is 7.09. The lowest BCUT2D eigenvalue weighted by Crippen LogP contribution is -2.13. The fourth-order valence-corrected chi connectivity index (χ4v) is 3.76. The first-order valence-corrected chi connectivity index (χ1v) is 9.45. The molecule has 0 bridgehead atoms. The van der Waals surface area contributed by atoms with E-state index in [1.165, 1.54) is 11.2 Å². The molecule has 0 radical (unpaired) electrons. The first-order valence-electron chi connectivity index (χ1n) is 8.57. The molecule has 136 valence electrons. The molecule has 4 aromatic rings. The van der Waals surface area contributed by atoms with Gasteiger partial charge in [0, 0.05) is 22.0 Å². The monoisotopic (exact) mass is 377 g/mol. The number of carbonyl (C=O) groups is 1. The first-order chi connectivity index (χ1) is 13.1. The average molecular weight is 377 g/mol. The number of nitrogens with zero attached hydrogens (tertiary/aromatic N) is 4. The number of hydrogen-bond donors (Lipinski definition) is 1. The van der Waals surface area contributed by atoms with Crippen LogP contribution >= 0.6 is 11.3 Å². The lowest BCUT2D eigenvalue weighted by atomic mass is 10.2. The molecule has 3 aromatic heterocycles. The third-order valence-electron chi connectivity index (χ3n) is 4.52. The zero-order chi connectivity index (χ0) is 18.8. The van der Waals surface area contributed by atoms with Crippen LogP contribution in [0.3, 0.4) is 0 Å². The van der Waals surface area contributed by atoms with Gasteiger partial charge in [0.25, 0.3) is 5.91 Å². The van der Waals surface area contributed by atoms with Gasteiger partial charge < -0.3 is 9.88 Å². The fraction of sp³-hybridized carbons (Fsp3) is 0.150. The van der Waals surface area contributed by atoms with E-state index in [0.29, 0.717) is 5.56 Å². The van der Waals surface area contributed by atoms with Crippen molar-refractivity contribution in [1.29, 1.82) is 0 Å². The Labute approximate surface area is 161 Å². The first kappa shape index (κ1) is 17.2. The van der Waals surface area contributed by atoms with Crippen molar-refractivity contribution in [2.75, 3.05) is 5.32 Å². The van der Waals surface area contributed by atoms with Gasteiger partial charge in [0.15, 0.2) is 0 Å². The number of aryl methyl sites for hydroxylation is 1. The summed E-state index contributed by atoms with van der Waals surface area (Å²) < 4.78 is 3.85. The van der Waals surface area contributed by atoms with Gasteiger partial charge >= 0.3 is 0 Å². The SMILES string of the molecule is Cc1cc(C(=O)Nc2ccc(-n3cncn3)cc2)c(C)n1Cc1cccs1. The normalized spacial score (nSPS) is 10.9. The Hall–Kier alpha value is -3.19. The second kappa shape index (κ2) is 7.20. The van der Waals surface area contributed by atoms with Crippen LogP contribution in [0.2, 0.25) is 0 Å². The number of anilines is 1. The van der Waals surface area contributed by atoms with Gasteiger partial charge in [-0.1, -0.05) is 6.07 Å². The van der Waals surface area contributed by atoms with E-state index in [2.05, 4.69) is 31.4 Å². The Morgan fingerprint density at radius 2 is 2.00 bits per heavy atom. The quantitative estimate of drug-likeness (QED) is 0.571. The summed E-state index contributed by atoms with van der Waals surface area (Å²) in [5.74, 6) is -0.103. The molecule has 0 atom stereocenters. The van der Waals surface area contributed by atoms with E-state index in [0.717, 1.165) is 29.3 Å². The van der Waals surface area contributed by atoms with Gasteiger partial charge in [0.2, 0.25) is 0 Å². The van der Waals surface area contributed by atoms with Crippen LogP contribution in [-0.4, -0.2) is 25.2 Å². The van der Waals surface area contributed by atoms with Gasteiger partial charge in [-0.3, -0.25) is 4.79 Å². The van der Waals surface area contributed by atoms with Crippen LogP contribution in [0.25, 0.3) is 5.69 Å². The summed E-state index contributed by atoms with van der Waals surface area (Å²) in [6.45, 7) is 4.81. The van der Waals surface area contributed by atoms with E-state index in [1.54, 1.807) is 22.3 Å². The summed E-state index contributed by atoms with van der Waals surface area (Å²) in [5.41, 5.74) is 4.38. The van der Waals surface area contributed by atoms with Crippen molar-refractivity contribution in [2.24, 2.45) is 0 Å². The predicted molar refractivity (Wildman–Crippen MR) is 107 cm³/mol. The number of nitrogens with one attached hydrogen (secondary N) is 1. The average Bonchev–Trinajstić information content (AvgIpc) is 3.41. The van der Waals surface area contributed by atoms with E-state index < -0.39 is 0 Å². The van der Waals surface area contributed by atoms with Crippen LogP contribution in [0.15, 0.2) is 60.5 Å². The molecule has 3 heterocycles. The fourth-order valence-electron chi connectivity index (χ4n) is 3.07. The number of aromatic nitrogens is 4. The zero-order valence-electron chi connectivity index (χ0n) is 15.1. The molecule has 0 aliphatic rings. The Morgan fingerprint density at radius 3 is 2.67 bits per heavy atom. The lowest BCUT2D eigenvalue weighted by molar-refractivity contribution is 0.102. The van der Waals surface area contributed by atoms with Gasteiger partial charge in [-0.25, -0.2) is 9.67 Å². The second-order valence-corrected chi connectivity index (χ2v) is 7.32. The smallest absolute Gasteiger partial charge is 0.257 e. The lowest BCUT2D eigenvalue weighted by Gasteiger charge is -2.09. The predicted octanol–water partition coefficient (Wildman–Crippen LogP) is 4.05. The molecule has 7 heteroatoms. The van der Waals surface area contributed by atoms with Crippen LogP contribution in [0, 0.1) is 13.8 Å². The molecule has 0 saturated carbocycles. The third-order valence-corrected chi connectivity index (χ3v) is 5.38. The highest BCUT2D eigenvalue weighted by Gasteiger charge is 2.16. The summed E-state index contributed by atoms with van der Waals surface area (Å²) in [6.07, 6.45) is 3.12. The molecular weight excluding hydrogens is 358 g/mol. The summed E-state index contributed by atoms with van der Waals surface area (Å²) in [6, 6.07) is 13.6. The topological polar surface area (TPSA) is 64.7 Å². The van der Waals surface area contributed by atoms with Crippen LogP contribution < -0.4 is 5.32 Å². The highest BCUT2D eigenvalue weighted by Crippen LogP contribution is 2.21. The molecule has 1 aromatic carbocycles. The van der Waals surface area contributed by atoms with Crippen molar-refractivity contribution in [1.82, 2.24) is 19.3 Å². The maximum atomic E-state index is 12.8. The van der Waals surface area contributed by atoms with Crippen molar-refractivity contribution in [2.45, 2.75) is 20.4 Å². The van der Waals surface area contributed by atoms with Crippen molar-refractivity contribution < 1.29 is 4.79 Å². The molecule has 0 aliphatic heterocycles. The summed E-state index contributed by atoms with van der Waals surface area (Å²) in [7, 11) is 0. The van der Waals surface area contributed by atoms with Gasteiger partial charge in [-0.2, -0.15) is 5.10 Å². The number of carbonyl (C=O) groups excluding carboxylic acids is 1. The zero-order valence-corrected chi connectivity index (χ0v) is 15.9. The van der Waals surface area contributed by atoms with Gasteiger partial charge in [-0.05, 0) is 55.6 Å². The summed E-state index contributed by atoms with van der Waals surface area (Å²) in [5, 5.41) is 9.14. The minimum Gasteiger partial charge on any atom is -0.343 e. The second-order valence-electron chi connectivity index (χ2n) is 6.29. The van der Waals surface area contributed by atoms with Crippen LogP contribution in [-0.2, 0) is 6.54 Å². The molecule has 4 rings (SSSR count). The summed E-state index contributed by atoms with van der Waals surface area (Å²) >= 11 is 1.72. The molecule has 0 saturated heterocycles. The molecule has 1 N–H and O–H groups in total. The maximum absolute atomic E-state index is 12.8. The van der Waals surface area contributed by atoms with Crippen LogP contribution in [0.4, 0.5) is 5.69 Å². The largest absolute Gasteiger partial charge is 0.343 e. The standard InChI is InChI=1S/C20H19N5OS/c1-14-10-19(15(2)24(14)11-18-4-3-9-27-18)20(26)23-16-5-7-17(8-6-16)25-13-21-12-22-25/h3-10,12-13H,11H2,1-2H3,(H,23,26). The van der Waals surface area contributed by atoms with E-state index >= 15 is 0 Å². The number of amides is 1. The Bertz CT molecular complexity index is 1050. The maximum Gasteiger partial charge on any atom is 0.257 e. The van der Waals surface area contributed by atoms with E-state index in [4.69, 9.17) is 0 Å². The Balaban J connectivity index is 1.51. The van der Waals surface area contributed by atoms with Crippen molar-refractivity contribution in [3.05, 3.63) is 82.3 Å². The molecule has 0 unspecified atom stereocenters. The number of thiophene rings is 1. The minimum atomic E-state index is -0.103. The molecule has 0 fully saturated rings. The van der Waals surface area contributed by atoms with Gasteiger partial charge in [-0.15, -0.1) is 11.3 Å². The minimum absolute atomic E-state index is 0.103. The van der Waals surface area contributed by atoms with Crippen LogP contribution in [0.5, 0.6) is 0 Å². The molecule has 0 aliphatic carbocycles. The number of benzene rings is 1. The number of rotatable bonds is 5. The third kappa shape index (κ3) is 3.54. The Morgan fingerprint density at radius 1 is 1.19 bits per heavy atom. The number of hydrogen-bond acceptors (Lipinski definition) is 4. The van der Waals surface area contributed by atoms with Gasteiger partial charge in [0.1, 0.15) is 12.7 Å². The van der Waals surface area contributed by atoms with Crippen molar-refractivity contribution in [3.8, 4) is 5.69 Å². The van der Waals surface area contributed by atoms with E-state index in [1.807, 2.05) is 50.2 Å².